The van der Waals surface area contributed by atoms with Gasteiger partial charge in [-0.05, 0) is 50.1 Å². The van der Waals surface area contributed by atoms with Crippen molar-refractivity contribution >= 4 is 22.7 Å². The van der Waals surface area contributed by atoms with Crippen molar-refractivity contribution in [3.05, 3.63) is 99.3 Å². The lowest BCUT2D eigenvalue weighted by Gasteiger charge is -2.15. The van der Waals surface area contributed by atoms with E-state index in [9.17, 15) is 4.79 Å². The highest BCUT2D eigenvalue weighted by Gasteiger charge is 2.15. The van der Waals surface area contributed by atoms with E-state index in [2.05, 4.69) is 44.2 Å². The second-order valence-corrected chi connectivity index (χ2v) is 8.06. The molecule has 0 saturated heterocycles. The van der Waals surface area contributed by atoms with Gasteiger partial charge in [0.1, 0.15) is 0 Å². The van der Waals surface area contributed by atoms with Crippen molar-refractivity contribution in [2.45, 2.75) is 31.7 Å². The SMILES string of the molecule is Cc1ccc(CSc2nc3ccccc3c(=O)n2-c2ccc(C)cc2C)cc1. The van der Waals surface area contributed by atoms with Crippen molar-refractivity contribution < 1.29 is 0 Å². The molecule has 1 aromatic heterocycles. The number of aromatic nitrogens is 2. The number of rotatable bonds is 4. The minimum atomic E-state index is -0.0241. The number of nitrogens with zero attached hydrogens (tertiary/aromatic N) is 2. The lowest BCUT2D eigenvalue weighted by atomic mass is 10.1. The standard InChI is InChI=1S/C24H22N2OS/c1-16-8-11-19(12-9-16)15-28-24-25-21-7-5-4-6-20(21)23(27)26(24)22-13-10-17(2)14-18(22)3/h4-14H,15H2,1-3H3. The Labute approximate surface area is 169 Å². The van der Waals surface area contributed by atoms with E-state index >= 15 is 0 Å². The van der Waals surface area contributed by atoms with Gasteiger partial charge in [0.25, 0.3) is 5.56 Å². The van der Waals surface area contributed by atoms with E-state index in [-0.39, 0.29) is 5.56 Å². The van der Waals surface area contributed by atoms with Gasteiger partial charge in [0.05, 0.1) is 16.6 Å². The summed E-state index contributed by atoms with van der Waals surface area (Å²) >= 11 is 1.59. The van der Waals surface area contributed by atoms with Crippen LogP contribution in [0.1, 0.15) is 22.3 Å². The van der Waals surface area contributed by atoms with E-state index in [1.54, 1.807) is 16.3 Å². The number of para-hydroxylation sites is 1. The van der Waals surface area contributed by atoms with Gasteiger partial charge >= 0.3 is 0 Å². The summed E-state index contributed by atoms with van der Waals surface area (Å²) in [6.45, 7) is 6.18. The summed E-state index contributed by atoms with van der Waals surface area (Å²) in [6, 6.07) is 22.2. The summed E-state index contributed by atoms with van der Waals surface area (Å²) in [5.41, 5.74) is 6.30. The molecule has 0 aliphatic rings. The summed E-state index contributed by atoms with van der Waals surface area (Å²) in [7, 11) is 0. The zero-order chi connectivity index (χ0) is 19.7. The molecule has 4 heteroatoms. The highest BCUT2D eigenvalue weighted by Crippen LogP contribution is 2.26. The number of hydrogen-bond acceptors (Lipinski definition) is 3. The number of benzene rings is 3. The molecule has 140 valence electrons. The molecule has 3 nitrogen and oxygen atoms in total. The van der Waals surface area contributed by atoms with Crippen LogP contribution in [0.25, 0.3) is 16.6 Å². The maximum absolute atomic E-state index is 13.4. The summed E-state index contributed by atoms with van der Waals surface area (Å²) < 4.78 is 1.76. The Balaban J connectivity index is 1.85. The molecule has 0 amide bonds. The minimum absolute atomic E-state index is 0.0241. The van der Waals surface area contributed by atoms with Crippen molar-refractivity contribution in [1.29, 1.82) is 0 Å². The fraction of sp³-hybridized carbons (Fsp3) is 0.167. The molecule has 28 heavy (non-hydrogen) atoms. The molecule has 0 atom stereocenters. The smallest absolute Gasteiger partial charge is 0.266 e. The molecular formula is C24H22N2OS. The van der Waals surface area contributed by atoms with Crippen LogP contribution in [0, 0.1) is 20.8 Å². The van der Waals surface area contributed by atoms with E-state index < -0.39 is 0 Å². The fourth-order valence-corrected chi connectivity index (χ4v) is 4.27. The zero-order valence-corrected chi connectivity index (χ0v) is 17.1. The second-order valence-electron chi connectivity index (χ2n) is 7.12. The Kier molecular flexibility index (Phi) is 5.05. The average Bonchev–Trinajstić information content (AvgIpc) is 2.69. The van der Waals surface area contributed by atoms with Gasteiger partial charge in [-0.25, -0.2) is 4.98 Å². The first kappa shape index (κ1) is 18.5. The minimum Gasteiger partial charge on any atom is -0.268 e. The van der Waals surface area contributed by atoms with Crippen LogP contribution in [-0.4, -0.2) is 9.55 Å². The predicted octanol–water partition coefficient (Wildman–Crippen LogP) is 5.60. The van der Waals surface area contributed by atoms with Gasteiger partial charge in [0, 0.05) is 5.75 Å². The highest BCUT2D eigenvalue weighted by molar-refractivity contribution is 7.98. The topological polar surface area (TPSA) is 34.9 Å². The number of thioether (sulfide) groups is 1. The molecule has 4 aromatic rings. The Morgan fingerprint density at radius 1 is 0.893 bits per heavy atom. The first-order valence-electron chi connectivity index (χ1n) is 9.31. The summed E-state index contributed by atoms with van der Waals surface area (Å²) in [5, 5.41) is 1.36. The van der Waals surface area contributed by atoms with Crippen molar-refractivity contribution in [1.82, 2.24) is 9.55 Å². The van der Waals surface area contributed by atoms with Gasteiger partial charge in [-0.1, -0.05) is 71.4 Å². The monoisotopic (exact) mass is 386 g/mol. The molecule has 0 N–H and O–H groups in total. The van der Waals surface area contributed by atoms with Crippen molar-refractivity contribution in [2.24, 2.45) is 0 Å². The molecule has 0 unspecified atom stereocenters. The molecule has 0 aliphatic heterocycles. The van der Waals surface area contributed by atoms with E-state index in [0.29, 0.717) is 5.39 Å². The molecule has 0 spiro atoms. The van der Waals surface area contributed by atoms with Crippen LogP contribution in [0.4, 0.5) is 0 Å². The fourth-order valence-electron chi connectivity index (χ4n) is 3.31. The van der Waals surface area contributed by atoms with Crippen LogP contribution in [0.3, 0.4) is 0 Å². The molecule has 0 fully saturated rings. The molecule has 1 heterocycles. The number of fused-ring (bicyclic) bond motifs is 1. The summed E-state index contributed by atoms with van der Waals surface area (Å²) in [4.78, 5) is 18.2. The lowest BCUT2D eigenvalue weighted by Crippen LogP contribution is -2.22. The van der Waals surface area contributed by atoms with Crippen LogP contribution < -0.4 is 5.56 Å². The van der Waals surface area contributed by atoms with E-state index in [1.165, 1.54) is 16.7 Å². The maximum Gasteiger partial charge on any atom is 0.266 e. The van der Waals surface area contributed by atoms with Gasteiger partial charge in [-0.15, -0.1) is 0 Å². The summed E-state index contributed by atoms with van der Waals surface area (Å²) in [6.07, 6.45) is 0. The van der Waals surface area contributed by atoms with Crippen LogP contribution in [0.2, 0.25) is 0 Å². The highest BCUT2D eigenvalue weighted by atomic mass is 32.2. The first-order valence-corrected chi connectivity index (χ1v) is 10.3. The molecule has 0 bridgehead atoms. The van der Waals surface area contributed by atoms with Crippen molar-refractivity contribution in [3.63, 3.8) is 0 Å². The van der Waals surface area contributed by atoms with Crippen LogP contribution in [-0.2, 0) is 5.75 Å². The van der Waals surface area contributed by atoms with Gasteiger partial charge in [0.2, 0.25) is 0 Å². The van der Waals surface area contributed by atoms with Crippen molar-refractivity contribution in [2.75, 3.05) is 0 Å². The van der Waals surface area contributed by atoms with Gasteiger partial charge < -0.3 is 0 Å². The Bertz CT molecular complexity index is 1210. The molecule has 0 aliphatic carbocycles. The largest absolute Gasteiger partial charge is 0.268 e. The molecule has 3 aromatic carbocycles. The van der Waals surface area contributed by atoms with E-state index in [1.807, 2.05) is 43.3 Å². The third kappa shape index (κ3) is 3.60. The van der Waals surface area contributed by atoms with Gasteiger partial charge in [-0.3, -0.25) is 9.36 Å². The molecule has 0 radical (unpaired) electrons. The molecular weight excluding hydrogens is 364 g/mol. The quantitative estimate of drug-likeness (QED) is 0.338. The lowest BCUT2D eigenvalue weighted by molar-refractivity contribution is 0.814. The third-order valence-electron chi connectivity index (χ3n) is 4.83. The van der Waals surface area contributed by atoms with Gasteiger partial charge in [0.15, 0.2) is 5.16 Å². The Morgan fingerprint density at radius 3 is 2.36 bits per heavy atom. The summed E-state index contributed by atoms with van der Waals surface area (Å²) in [5.74, 6) is 0.760. The molecule has 4 rings (SSSR count). The Morgan fingerprint density at radius 2 is 1.61 bits per heavy atom. The van der Waals surface area contributed by atoms with Gasteiger partial charge in [-0.2, -0.15) is 0 Å². The second kappa shape index (κ2) is 7.64. The first-order chi connectivity index (χ1) is 13.5. The number of hydrogen-bond donors (Lipinski definition) is 0. The van der Waals surface area contributed by atoms with Crippen molar-refractivity contribution in [3.8, 4) is 5.69 Å². The number of aryl methyl sites for hydroxylation is 3. The van der Waals surface area contributed by atoms with E-state index in [0.717, 1.165) is 27.7 Å². The van der Waals surface area contributed by atoms with Crippen LogP contribution >= 0.6 is 11.8 Å². The Hall–Kier alpha value is -2.85. The zero-order valence-electron chi connectivity index (χ0n) is 16.3. The average molecular weight is 387 g/mol. The molecule has 0 saturated carbocycles. The van der Waals surface area contributed by atoms with Crippen LogP contribution in [0.15, 0.2) is 76.7 Å². The van der Waals surface area contributed by atoms with Crippen LogP contribution in [0.5, 0.6) is 0 Å². The van der Waals surface area contributed by atoms with E-state index in [4.69, 9.17) is 4.98 Å². The normalized spacial score (nSPS) is 11.1. The maximum atomic E-state index is 13.4. The third-order valence-corrected chi connectivity index (χ3v) is 5.84. The predicted molar refractivity (Wildman–Crippen MR) is 118 cm³/mol.